The number of nitrogens with zero attached hydrogens (tertiary/aromatic N) is 2. The lowest BCUT2D eigenvalue weighted by Crippen LogP contribution is -2.22. The first-order valence-corrected chi connectivity index (χ1v) is 7.17. The molecule has 2 aromatic rings. The Morgan fingerprint density at radius 1 is 1.43 bits per heavy atom. The molecule has 0 atom stereocenters. The van der Waals surface area contributed by atoms with Crippen molar-refractivity contribution in [3.63, 3.8) is 0 Å². The SMILES string of the molecule is CSc1nc(-c2ccco2)nc(C)c1C(=O)OCC(N)=O. The zero-order valence-corrected chi connectivity index (χ0v) is 12.3. The normalized spacial score (nSPS) is 10.4. The van der Waals surface area contributed by atoms with E-state index in [4.69, 9.17) is 14.9 Å². The van der Waals surface area contributed by atoms with Crippen molar-refractivity contribution in [3.05, 3.63) is 29.7 Å². The molecule has 7 nitrogen and oxygen atoms in total. The Hall–Kier alpha value is -2.35. The standard InChI is InChI=1S/C13H13N3O4S/c1-7-10(13(18)20-6-9(14)17)12(21-2)16-11(15-7)8-4-3-5-19-8/h3-5H,6H2,1-2H3,(H2,14,17). The Balaban J connectivity index is 2.38. The second-order valence-corrected chi connectivity index (χ2v) is 4.83. The van der Waals surface area contributed by atoms with Gasteiger partial charge in [-0.25, -0.2) is 14.8 Å². The molecule has 0 radical (unpaired) electrons. The number of carbonyl (C=O) groups excluding carboxylic acids is 2. The fourth-order valence-electron chi connectivity index (χ4n) is 1.65. The number of aromatic nitrogens is 2. The number of hydrogen-bond donors (Lipinski definition) is 1. The van der Waals surface area contributed by atoms with Gasteiger partial charge in [0.15, 0.2) is 18.2 Å². The molecule has 0 fully saturated rings. The van der Waals surface area contributed by atoms with Gasteiger partial charge in [-0.3, -0.25) is 4.79 Å². The maximum atomic E-state index is 12.0. The minimum Gasteiger partial charge on any atom is -0.461 e. The van der Waals surface area contributed by atoms with Gasteiger partial charge in [-0.15, -0.1) is 11.8 Å². The number of rotatable bonds is 5. The molecule has 0 unspecified atom stereocenters. The van der Waals surface area contributed by atoms with Gasteiger partial charge in [-0.2, -0.15) is 0 Å². The smallest absolute Gasteiger partial charge is 0.343 e. The van der Waals surface area contributed by atoms with Crippen LogP contribution >= 0.6 is 11.8 Å². The quantitative estimate of drug-likeness (QED) is 0.505. The molecule has 2 heterocycles. The first-order chi connectivity index (χ1) is 10.0. The lowest BCUT2D eigenvalue weighted by atomic mass is 10.2. The molecule has 0 aliphatic rings. The minimum atomic E-state index is -0.722. The largest absolute Gasteiger partial charge is 0.461 e. The number of nitrogens with two attached hydrogens (primary N) is 1. The topological polar surface area (TPSA) is 108 Å². The van der Waals surface area contributed by atoms with Gasteiger partial charge in [0, 0.05) is 0 Å². The molecule has 21 heavy (non-hydrogen) atoms. The molecule has 0 aromatic carbocycles. The molecule has 0 saturated carbocycles. The van der Waals surface area contributed by atoms with E-state index in [9.17, 15) is 9.59 Å². The van der Waals surface area contributed by atoms with Crippen LogP contribution < -0.4 is 5.73 Å². The van der Waals surface area contributed by atoms with Gasteiger partial charge in [-0.1, -0.05) is 0 Å². The van der Waals surface area contributed by atoms with Crippen LogP contribution in [0.15, 0.2) is 27.8 Å². The predicted molar refractivity (Wildman–Crippen MR) is 75.7 cm³/mol. The molecular weight excluding hydrogens is 294 g/mol. The molecular formula is C13H13N3O4S. The van der Waals surface area contributed by atoms with Crippen LogP contribution in [0.4, 0.5) is 0 Å². The summed E-state index contributed by atoms with van der Waals surface area (Å²) in [5.74, 6) is -0.514. The molecule has 2 N–H and O–H groups in total. The Bertz CT molecular complexity index is 670. The van der Waals surface area contributed by atoms with Crippen molar-refractivity contribution in [1.29, 1.82) is 0 Å². The van der Waals surface area contributed by atoms with Crippen LogP contribution in [0, 0.1) is 6.92 Å². The number of furan rings is 1. The maximum absolute atomic E-state index is 12.0. The van der Waals surface area contributed by atoms with Gasteiger partial charge in [-0.05, 0) is 25.3 Å². The molecule has 2 rings (SSSR count). The summed E-state index contributed by atoms with van der Waals surface area (Å²) in [7, 11) is 0. The molecule has 0 aliphatic carbocycles. The molecule has 0 aliphatic heterocycles. The first-order valence-electron chi connectivity index (χ1n) is 5.95. The van der Waals surface area contributed by atoms with E-state index in [1.165, 1.54) is 18.0 Å². The van der Waals surface area contributed by atoms with E-state index in [2.05, 4.69) is 9.97 Å². The third-order valence-electron chi connectivity index (χ3n) is 2.54. The van der Waals surface area contributed by atoms with Crippen molar-refractivity contribution in [2.75, 3.05) is 12.9 Å². The second kappa shape index (κ2) is 6.40. The van der Waals surface area contributed by atoms with Crippen LogP contribution in [0.25, 0.3) is 11.6 Å². The van der Waals surface area contributed by atoms with Crippen molar-refractivity contribution in [1.82, 2.24) is 9.97 Å². The fraction of sp³-hybridized carbons (Fsp3) is 0.231. The highest BCUT2D eigenvalue weighted by atomic mass is 32.2. The Morgan fingerprint density at radius 2 is 2.19 bits per heavy atom. The highest BCUT2D eigenvalue weighted by Gasteiger charge is 2.21. The lowest BCUT2D eigenvalue weighted by molar-refractivity contribution is -0.121. The third-order valence-corrected chi connectivity index (χ3v) is 3.22. The summed E-state index contributed by atoms with van der Waals surface area (Å²) in [6, 6.07) is 3.45. The Labute approximate surface area is 124 Å². The fourth-order valence-corrected chi connectivity index (χ4v) is 2.27. The number of aryl methyl sites for hydroxylation is 1. The van der Waals surface area contributed by atoms with Crippen molar-refractivity contribution < 1.29 is 18.7 Å². The first kappa shape index (κ1) is 15.0. The Kier molecular flexibility index (Phi) is 4.59. The van der Waals surface area contributed by atoms with Crippen LogP contribution in [-0.4, -0.2) is 34.7 Å². The number of thioether (sulfide) groups is 1. The zero-order chi connectivity index (χ0) is 15.4. The van der Waals surface area contributed by atoms with Gasteiger partial charge in [0.2, 0.25) is 0 Å². The van der Waals surface area contributed by atoms with Crippen molar-refractivity contribution >= 4 is 23.6 Å². The van der Waals surface area contributed by atoms with Gasteiger partial charge in [0.1, 0.15) is 10.6 Å². The lowest BCUT2D eigenvalue weighted by Gasteiger charge is -2.10. The van der Waals surface area contributed by atoms with Gasteiger partial charge in [0.25, 0.3) is 5.91 Å². The molecule has 110 valence electrons. The van der Waals surface area contributed by atoms with E-state index in [1.54, 1.807) is 25.3 Å². The van der Waals surface area contributed by atoms with Crippen LogP contribution in [0.5, 0.6) is 0 Å². The number of amides is 1. The average molecular weight is 307 g/mol. The predicted octanol–water partition coefficient (Wildman–Crippen LogP) is 1.41. The van der Waals surface area contributed by atoms with Crippen LogP contribution in [0.2, 0.25) is 0 Å². The highest BCUT2D eigenvalue weighted by Crippen LogP contribution is 2.25. The number of ether oxygens (including phenoxy) is 1. The van der Waals surface area contributed by atoms with E-state index in [0.717, 1.165) is 0 Å². The number of esters is 1. The van der Waals surface area contributed by atoms with Crippen molar-refractivity contribution in [2.24, 2.45) is 5.73 Å². The van der Waals surface area contributed by atoms with Gasteiger partial charge in [0.05, 0.1) is 12.0 Å². The van der Waals surface area contributed by atoms with Crippen molar-refractivity contribution in [2.45, 2.75) is 11.9 Å². The summed E-state index contributed by atoms with van der Waals surface area (Å²) in [5, 5.41) is 0.448. The van der Waals surface area contributed by atoms with Crippen LogP contribution in [0.3, 0.4) is 0 Å². The Morgan fingerprint density at radius 3 is 2.76 bits per heavy atom. The summed E-state index contributed by atoms with van der Waals surface area (Å²) in [6.45, 7) is 1.18. The summed E-state index contributed by atoms with van der Waals surface area (Å²) in [5.41, 5.74) is 5.61. The third kappa shape index (κ3) is 3.40. The van der Waals surface area contributed by atoms with Crippen molar-refractivity contribution in [3.8, 4) is 11.6 Å². The van der Waals surface area contributed by atoms with E-state index in [-0.39, 0.29) is 5.56 Å². The zero-order valence-electron chi connectivity index (χ0n) is 11.5. The highest BCUT2D eigenvalue weighted by molar-refractivity contribution is 7.98. The summed E-state index contributed by atoms with van der Waals surface area (Å²) in [4.78, 5) is 31.2. The van der Waals surface area contributed by atoms with Gasteiger partial charge < -0.3 is 14.9 Å². The average Bonchev–Trinajstić information content (AvgIpc) is 2.97. The molecule has 0 bridgehead atoms. The monoisotopic (exact) mass is 307 g/mol. The van der Waals surface area contributed by atoms with E-state index in [0.29, 0.717) is 22.3 Å². The molecule has 8 heteroatoms. The molecule has 2 aromatic heterocycles. The molecule has 1 amide bonds. The van der Waals surface area contributed by atoms with E-state index >= 15 is 0 Å². The second-order valence-electron chi connectivity index (χ2n) is 4.04. The number of primary amides is 1. The summed E-state index contributed by atoms with van der Waals surface area (Å²) in [6.07, 6.45) is 3.29. The summed E-state index contributed by atoms with van der Waals surface area (Å²) < 4.78 is 10.1. The molecule has 0 saturated heterocycles. The van der Waals surface area contributed by atoms with E-state index in [1.807, 2.05) is 0 Å². The minimum absolute atomic E-state index is 0.221. The number of carbonyl (C=O) groups is 2. The van der Waals surface area contributed by atoms with Gasteiger partial charge >= 0.3 is 5.97 Å². The van der Waals surface area contributed by atoms with Crippen LogP contribution in [0.1, 0.15) is 16.1 Å². The van der Waals surface area contributed by atoms with Crippen LogP contribution in [-0.2, 0) is 9.53 Å². The number of hydrogen-bond acceptors (Lipinski definition) is 7. The molecule has 0 spiro atoms. The maximum Gasteiger partial charge on any atom is 0.343 e. The van der Waals surface area contributed by atoms with E-state index < -0.39 is 18.5 Å². The summed E-state index contributed by atoms with van der Waals surface area (Å²) >= 11 is 1.27.